The molecule has 0 spiro atoms. The van der Waals surface area contributed by atoms with E-state index in [2.05, 4.69) is 21.2 Å². The summed E-state index contributed by atoms with van der Waals surface area (Å²) in [6, 6.07) is 13.0. The second kappa shape index (κ2) is 8.63. The zero-order valence-electron chi connectivity index (χ0n) is 15.0. The van der Waals surface area contributed by atoms with E-state index in [0.717, 1.165) is 4.47 Å². The van der Waals surface area contributed by atoms with E-state index < -0.39 is 11.9 Å². The molecule has 2 aromatic carbocycles. The van der Waals surface area contributed by atoms with Crippen LogP contribution in [0.5, 0.6) is 0 Å². The van der Waals surface area contributed by atoms with Crippen LogP contribution in [0.2, 0.25) is 0 Å². The molecule has 1 N–H and O–H groups in total. The molecule has 0 aliphatic carbocycles. The summed E-state index contributed by atoms with van der Waals surface area (Å²) in [5, 5.41) is 2.63. The highest BCUT2D eigenvalue weighted by atomic mass is 79.9. The van der Waals surface area contributed by atoms with E-state index in [-0.39, 0.29) is 17.5 Å². The molecule has 7 heteroatoms. The summed E-state index contributed by atoms with van der Waals surface area (Å²) in [6.07, 6.45) is 0. The van der Waals surface area contributed by atoms with Crippen LogP contribution >= 0.6 is 15.9 Å². The lowest BCUT2D eigenvalue weighted by molar-refractivity contribution is -0.121. The molecular formula is C20H21BrFN3O2. The molecule has 3 rings (SSSR count). The predicted octanol–water partition coefficient (Wildman–Crippen LogP) is 3.37. The summed E-state index contributed by atoms with van der Waals surface area (Å²) in [4.78, 5) is 28.8. The number of hydrogen-bond acceptors (Lipinski definition) is 3. The van der Waals surface area contributed by atoms with Crippen molar-refractivity contribution in [1.82, 2.24) is 9.80 Å². The largest absolute Gasteiger partial charge is 0.336 e. The first-order valence-electron chi connectivity index (χ1n) is 8.80. The van der Waals surface area contributed by atoms with Crippen molar-refractivity contribution in [2.75, 3.05) is 31.5 Å². The molecule has 1 aliphatic rings. The molecule has 0 bridgehead atoms. The van der Waals surface area contributed by atoms with Crippen molar-refractivity contribution in [3.05, 3.63) is 64.4 Å². The Bertz CT molecular complexity index is 820. The van der Waals surface area contributed by atoms with E-state index in [4.69, 9.17) is 0 Å². The van der Waals surface area contributed by atoms with Gasteiger partial charge in [-0.25, -0.2) is 4.39 Å². The third kappa shape index (κ3) is 4.73. The molecule has 1 aliphatic heterocycles. The van der Waals surface area contributed by atoms with Gasteiger partial charge in [-0.3, -0.25) is 14.5 Å². The fourth-order valence-electron chi connectivity index (χ4n) is 3.05. The first-order chi connectivity index (χ1) is 13.0. The van der Waals surface area contributed by atoms with E-state index in [1.807, 2.05) is 17.0 Å². The van der Waals surface area contributed by atoms with Crippen molar-refractivity contribution in [2.24, 2.45) is 0 Å². The fourth-order valence-corrected chi connectivity index (χ4v) is 3.32. The van der Waals surface area contributed by atoms with Crippen molar-refractivity contribution in [1.29, 1.82) is 0 Å². The van der Waals surface area contributed by atoms with E-state index in [9.17, 15) is 14.0 Å². The van der Waals surface area contributed by atoms with Gasteiger partial charge in [-0.15, -0.1) is 0 Å². The van der Waals surface area contributed by atoms with Crippen LogP contribution in [0.15, 0.2) is 53.0 Å². The number of nitrogens with one attached hydrogen (secondary N) is 1. The Labute approximate surface area is 166 Å². The molecule has 1 heterocycles. The topological polar surface area (TPSA) is 52.7 Å². The van der Waals surface area contributed by atoms with Gasteiger partial charge in [0.1, 0.15) is 5.82 Å². The average molecular weight is 434 g/mol. The fraction of sp³-hybridized carbons (Fsp3) is 0.300. The number of carbonyl (C=O) groups excluding carboxylic acids is 2. The van der Waals surface area contributed by atoms with Gasteiger partial charge in [0.2, 0.25) is 5.91 Å². The van der Waals surface area contributed by atoms with Crippen LogP contribution in [0.1, 0.15) is 17.3 Å². The number of hydrogen-bond donors (Lipinski definition) is 1. The van der Waals surface area contributed by atoms with Crippen LogP contribution in [-0.2, 0) is 4.79 Å². The van der Waals surface area contributed by atoms with Crippen molar-refractivity contribution in [3.8, 4) is 0 Å². The van der Waals surface area contributed by atoms with Gasteiger partial charge in [0, 0.05) is 36.2 Å². The molecule has 0 saturated carbocycles. The van der Waals surface area contributed by atoms with Crippen molar-refractivity contribution >= 4 is 33.4 Å². The minimum Gasteiger partial charge on any atom is -0.336 e. The van der Waals surface area contributed by atoms with Crippen LogP contribution in [0.4, 0.5) is 10.1 Å². The van der Waals surface area contributed by atoms with Crippen LogP contribution in [0, 0.1) is 5.82 Å². The first kappa shape index (κ1) is 19.5. The number of amides is 2. The summed E-state index contributed by atoms with van der Waals surface area (Å²) in [5.74, 6) is -0.721. The minimum absolute atomic E-state index is 0.00869. The summed E-state index contributed by atoms with van der Waals surface area (Å²) < 4.78 is 14.6. The molecule has 1 unspecified atom stereocenters. The monoisotopic (exact) mass is 433 g/mol. The molecule has 5 nitrogen and oxygen atoms in total. The normalized spacial score (nSPS) is 16.0. The van der Waals surface area contributed by atoms with Gasteiger partial charge in [0.25, 0.3) is 5.91 Å². The second-order valence-corrected chi connectivity index (χ2v) is 7.40. The SMILES string of the molecule is CC(C(=O)Nc1ccccc1F)N1CCN(C(=O)c2ccc(Br)cc2)CC1. The number of halogens is 2. The van der Waals surface area contributed by atoms with Crippen molar-refractivity contribution in [3.63, 3.8) is 0 Å². The standard InChI is InChI=1S/C20H21BrFN3O2/c1-14(19(26)23-18-5-3-2-4-17(18)22)24-10-12-25(13-11-24)20(27)15-6-8-16(21)9-7-15/h2-9,14H,10-13H2,1H3,(H,23,26). The number of nitrogens with zero attached hydrogens (tertiary/aromatic N) is 2. The predicted molar refractivity (Wildman–Crippen MR) is 106 cm³/mol. The Morgan fingerprint density at radius 2 is 1.67 bits per heavy atom. The molecule has 27 heavy (non-hydrogen) atoms. The maximum atomic E-state index is 13.7. The maximum Gasteiger partial charge on any atom is 0.253 e. The molecule has 0 radical (unpaired) electrons. The quantitative estimate of drug-likeness (QED) is 0.803. The lowest BCUT2D eigenvalue weighted by Gasteiger charge is -2.37. The van der Waals surface area contributed by atoms with E-state index in [1.165, 1.54) is 12.1 Å². The zero-order chi connectivity index (χ0) is 19.4. The lowest BCUT2D eigenvalue weighted by Crippen LogP contribution is -2.54. The second-order valence-electron chi connectivity index (χ2n) is 6.48. The minimum atomic E-state index is -0.456. The summed E-state index contributed by atoms with van der Waals surface area (Å²) in [6.45, 7) is 4.07. The molecule has 1 atom stereocenters. The summed E-state index contributed by atoms with van der Waals surface area (Å²) >= 11 is 3.36. The van der Waals surface area contributed by atoms with Gasteiger partial charge in [0.05, 0.1) is 11.7 Å². The molecule has 0 aromatic heterocycles. The average Bonchev–Trinajstić information content (AvgIpc) is 2.69. The van der Waals surface area contributed by atoms with E-state index in [1.54, 1.807) is 36.1 Å². The molecule has 1 saturated heterocycles. The Morgan fingerprint density at radius 3 is 2.30 bits per heavy atom. The van der Waals surface area contributed by atoms with Gasteiger partial charge < -0.3 is 10.2 Å². The lowest BCUT2D eigenvalue weighted by atomic mass is 10.1. The number of carbonyl (C=O) groups is 2. The number of rotatable bonds is 4. The maximum absolute atomic E-state index is 13.7. The number of benzene rings is 2. The number of piperazine rings is 1. The van der Waals surface area contributed by atoms with Gasteiger partial charge in [-0.05, 0) is 43.3 Å². The van der Waals surface area contributed by atoms with Crippen LogP contribution in [0.3, 0.4) is 0 Å². The number of para-hydroxylation sites is 1. The molecule has 142 valence electrons. The molecule has 2 aromatic rings. The Kier molecular flexibility index (Phi) is 6.23. The van der Waals surface area contributed by atoms with E-state index >= 15 is 0 Å². The molecule has 2 amide bonds. The van der Waals surface area contributed by atoms with Crippen LogP contribution in [0.25, 0.3) is 0 Å². The Hall–Kier alpha value is -2.25. The van der Waals surface area contributed by atoms with E-state index in [0.29, 0.717) is 31.7 Å². The summed E-state index contributed by atoms with van der Waals surface area (Å²) in [5.41, 5.74) is 0.829. The smallest absolute Gasteiger partial charge is 0.253 e. The highest BCUT2D eigenvalue weighted by Crippen LogP contribution is 2.16. The zero-order valence-corrected chi connectivity index (χ0v) is 16.6. The Balaban J connectivity index is 1.55. The Morgan fingerprint density at radius 1 is 1.04 bits per heavy atom. The van der Waals surface area contributed by atoms with Gasteiger partial charge in [-0.1, -0.05) is 28.1 Å². The van der Waals surface area contributed by atoms with Crippen molar-refractivity contribution < 1.29 is 14.0 Å². The van der Waals surface area contributed by atoms with Gasteiger partial charge in [-0.2, -0.15) is 0 Å². The summed E-state index contributed by atoms with van der Waals surface area (Å²) in [7, 11) is 0. The van der Waals surface area contributed by atoms with Crippen LogP contribution in [-0.4, -0.2) is 53.8 Å². The third-order valence-electron chi connectivity index (χ3n) is 4.75. The van der Waals surface area contributed by atoms with Crippen molar-refractivity contribution in [2.45, 2.75) is 13.0 Å². The first-order valence-corrected chi connectivity index (χ1v) is 9.59. The van der Waals surface area contributed by atoms with Gasteiger partial charge in [0.15, 0.2) is 0 Å². The highest BCUT2D eigenvalue weighted by molar-refractivity contribution is 9.10. The highest BCUT2D eigenvalue weighted by Gasteiger charge is 2.28. The number of anilines is 1. The van der Waals surface area contributed by atoms with Gasteiger partial charge >= 0.3 is 0 Å². The molecule has 1 fully saturated rings. The van der Waals surface area contributed by atoms with Crippen LogP contribution < -0.4 is 5.32 Å². The third-order valence-corrected chi connectivity index (χ3v) is 5.28. The molecular weight excluding hydrogens is 413 g/mol.